The number of imide groups is 1. The normalized spacial score (nSPS) is 14.8. The van der Waals surface area contributed by atoms with Crippen LogP contribution in [0.25, 0.3) is 16.6 Å². The van der Waals surface area contributed by atoms with Crippen molar-refractivity contribution in [2.24, 2.45) is 0 Å². The maximum absolute atomic E-state index is 13.5. The van der Waals surface area contributed by atoms with Crippen LogP contribution < -0.4 is 10.9 Å². The van der Waals surface area contributed by atoms with Crippen LogP contribution in [0.15, 0.2) is 52.4 Å². The molecule has 1 aromatic heterocycles. The minimum Gasteiger partial charge on any atom is -0.336 e. The van der Waals surface area contributed by atoms with E-state index in [0.717, 1.165) is 16.8 Å². The third-order valence-corrected chi connectivity index (χ3v) is 6.20. The molecule has 154 valence electrons. The minimum absolute atomic E-state index is 0.181. The maximum Gasteiger partial charge on any atom is 0.324 e. The molecule has 1 saturated heterocycles. The summed E-state index contributed by atoms with van der Waals surface area (Å²) in [6.45, 7) is 6.42. The second kappa shape index (κ2) is 7.95. The van der Waals surface area contributed by atoms with Gasteiger partial charge in [0, 0.05) is 13.1 Å². The Morgan fingerprint density at radius 1 is 1.10 bits per heavy atom. The third-order valence-electron chi connectivity index (χ3n) is 5.16. The Kier molecular flexibility index (Phi) is 5.34. The first-order valence-electron chi connectivity index (χ1n) is 9.72. The molecular formula is C22H22N4O3S. The molecule has 2 heterocycles. The second-order valence-corrected chi connectivity index (χ2v) is 8.58. The van der Waals surface area contributed by atoms with Crippen LogP contribution in [0.2, 0.25) is 0 Å². The van der Waals surface area contributed by atoms with Crippen LogP contribution in [0.3, 0.4) is 0 Å². The van der Waals surface area contributed by atoms with Gasteiger partial charge in [-0.2, -0.15) is 0 Å². The standard InChI is InChI=1S/C22H22N4O3S/c1-13-7-6-8-14(2)18(13)26-20(28)16-9-4-5-10-17(16)24-22(26)30-15(3)19(27)25-12-11-23-21(25)29/h4-10,15H,11-12H2,1-3H3,(H,23,29). The van der Waals surface area contributed by atoms with Gasteiger partial charge in [-0.05, 0) is 44.0 Å². The third kappa shape index (κ3) is 3.47. The summed E-state index contributed by atoms with van der Waals surface area (Å²) in [7, 11) is 0. The minimum atomic E-state index is -0.586. The van der Waals surface area contributed by atoms with Gasteiger partial charge < -0.3 is 5.32 Å². The van der Waals surface area contributed by atoms with Crippen molar-refractivity contribution in [3.63, 3.8) is 0 Å². The molecule has 0 spiro atoms. The molecule has 3 aromatic rings. The van der Waals surface area contributed by atoms with Crippen LogP contribution in [0.1, 0.15) is 18.1 Å². The smallest absolute Gasteiger partial charge is 0.324 e. The number of amides is 3. The maximum atomic E-state index is 13.5. The van der Waals surface area contributed by atoms with Crippen molar-refractivity contribution in [2.45, 2.75) is 31.2 Å². The van der Waals surface area contributed by atoms with E-state index in [1.165, 1.54) is 16.7 Å². The number of hydrogen-bond donors (Lipinski definition) is 1. The SMILES string of the molecule is Cc1cccc(C)c1-n1c(SC(C)C(=O)N2CCNC2=O)nc2ccccc2c1=O. The Balaban J connectivity index is 1.85. The zero-order chi connectivity index (χ0) is 21.4. The molecule has 0 aliphatic carbocycles. The van der Waals surface area contributed by atoms with Crippen molar-refractivity contribution in [1.82, 2.24) is 19.8 Å². The van der Waals surface area contributed by atoms with Crippen LogP contribution in [-0.2, 0) is 4.79 Å². The van der Waals surface area contributed by atoms with Crippen LogP contribution in [-0.4, -0.2) is 44.7 Å². The van der Waals surface area contributed by atoms with Gasteiger partial charge in [0.25, 0.3) is 5.56 Å². The number of thioether (sulfide) groups is 1. The highest BCUT2D eigenvalue weighted by Crippen LogP contribution is 2.28. The number of hydrogen-bond acceptors (Lipinski definition) is 5. The van der Waals surface area contributed by atoms with E-state index in [1.54, 1.807) is 23.6 Å². The molecule has 8 heteroatoms. The van der Waals surface area contributed by atoms with Gasteiger partial charge in [-0.15, -0.1) is 0 Å². The number of urea groups is 1. The monoisotopic (exact) mass is 422 g/mol. The van der Waals surface area contributed by atoms with Crippen molar-refractivity contribution >= 4 is 34.6 Å². The van der Waals surface area contributed by atoms with Crippen molar-refractivity contribution in [2.75, 3.05) is 13.1 Å². The number of nitrogens with zero attached hydrogens (tertiary/aromatic N) is 3. The van der Waals surface area contributed by atoms with E-state index in [4.69, 9.17) is 4.98 Å². The average molecular weight is 423 g/mol. The van der Waals surface area contributed by atoms with Gasteiger partial charge in [0.05, 0.1) is 21.8 Å². The largest absolute Gasteiger partial charge is 0.336 e. The highest BCUT2D eigenvalue weighted by Gasteiger charge is 2.31. The van der Waals surface area contributed by atoms with Gasteiger partial charge in [-0.25, -0.2) is 9.78 Å². The van der Waals surface area contributed by atoms with Gasteiger partial charge in [0.15, 0.2) is 5.16 Å². The van der Waals surface area contributed by atoms with E-state index in [1.807, 2.05) is 44.2 Å². The van der Waals surface area contributed by atoms with Gasteiger partial charge in [0.2, 0.25) is 5.91 Å². The Hall–Kier alpha value is -3.13. The van der Waals surface area contributed by atoms with Crippen LogP contribution in [0, 0.1) is 13.8 Å². The molecular weight excluding hydrogens is 400 g/mol. The predicted molar refractivity (Wildman–Crippen MR) is 117 cm³/mol. The lowest BCUT2D eigenvalue weighted by Gasteiger charge is -2.21. The molecule has 1 N–H and O–H groups in total. The first-order valence-corrected chi connectivity index (χ1v) is 10.6. The summed E-state index contributed by atoms with van der Waals surface area (Å²) in [6, 6.07) is 12.6. The molecule has 0 radical (unpaired) electrons. The lowest BCUT2D eigenvalue weighted by Crippen LogP contribution is -2.39. The summed E-state index contributed by atoms with van der Waals surface area (Å²) in [6.07, 6.45) is 0. The van der Waals surface area contributed by atoms with Crippen LogP contribution in [0.4, 0.5) is 4.79 Å². The van der Waals surface area contributed by atoms with E-state index in [2.05, 4.69) is 5.32 Å². The highest BCUT2D eigenvalue weighted by atomic mass is 32.2. The number of nitrogens with one attached hydrogen (secondary N) is 1. The van der Waals surface area contributed by atoms with Crippen molar-refractivity contribution in [1.29, 1.82) is 0 Å². The number of carbonyl (C=O) groups is 2. The van der Waals surface area contributed by atoms with E-state index in [9.17, 15) is 14.4 Å². The number of fused-ring (bicyclic) bond motifs is 1. The van der Waals surface area contributed by atoms with Crippen LogP contribution in [0.5, 0.6) is 0 Å². The van der Waals surface area contributed by atoms with E-state index in [-0.39, 0.29) is 17.5 Å². The first-order chi connectivity index (χ1) is 14.4. The zero-order valence-electron chi connectivity index (χ0n) is 17.0. The summed E-state index contributed by atoms with van der Waals surface area (Å²) < 4.78 is 1.59. The summed E-state index contributed by atoms with van der Waals surface area (Å²) in [4.78, 5) is 44.1. The fourth-order valence-electron chi connectivity index (χ4n) is 3.66. The fourth-order valence-corrected chi connectivity index (χ4v) is 4.63. The van der Waals surface area contributed by atoms with E-state index >= 15 is 0 Å². The molecule has 1 aliphatic heterocycles. The van der Waals surface area contributed by atoms with Gasteiger partial charge in [0.1, 0.15) is 0 Å². The number of benzene rings is 2. The topological polar surface area (TPSA) is 84.3 Å². The second-order valence-electron chi connectivity index (χ2n) is 7.27. The Bertz CT molecular complexity index is 1200. The molecule has 0 saturated carbocycles. The highest BCUT2D eigenvalue weighted by molar-refractivity contribution is 8.00. The first kappa shape index (κ1) is 20.2. The molecule has 1 aliphatic rings. The lowest BCUT2D eigenvalue weighted by atomic mass is 10.1. The molecule has 1 unspecified atom stereocenters. The number of rotatable bonds is 4. The lowest BCUT2D eigenvalue weighted by molar-refractivity contribution is -0.126. The summed E-state index contributed by atoms with van der Waals surface area (Å²) in [5.74, 6) is -0.300. The zero-order valence-corrected chi connectivity index (χ0v) is 17.8. The number of aryl methyl sites for hydroxylation is 2. The summed E-state index contributed by atoms with van der Waals surface area (Å²) >= 11 is 1.19. The van der Waals surface area contributed by atoms with Crippen LogP contribution >= 0.6 is 11.8 Å². The quantitative estimate of drug-likeness (QED) is 0.516. The number of carbonyl (C=O) groups excluding carboxylic acids is 2. The van der Waals surface area contributed by atoms with Gasteiger partial charge in [-0.1, -0.05) is 42.1 Å². The molecule has 3 amide bonds. The van der Waals surface area contributed by atoms with Gasteiger partial charge in [-0.3, -0.25) is 19.1 Å². The molecule has 0 bridgehead atoms. The van der Waals surface area contributed by atoms with Gasteiger partial charge >= 0.3 is 6.03 Å². The number of aromatic nitrogens is 2. The summed E-state index contributed by atoms with van der Waals surface area (Å²) in [5, 5.41) is 3.00. The predicted octanol–water partition coefficient (Wildman–Crippen LogP) is 3.03. The average Bonchev–Trinajstić information content (AvgIpc) is 3.15. The molecule has 1 fully saturated rings. The fraction of sp³-hybridized carbons (Fsp3) is 0.273. The Morgan fingerprint density at radius 3 is 2.47 bits per heavy atom. The Labute approximate surface area is 178 Å². The molecule has 2 aromatic carbocycles. The Morgan fingerprint density at radius 2 is 1.80 bits per heavy atom. The van der Waals surface area contributed by atoms with E-state index < -0.39 is 5.25 Å². The summed E-state index contributed by atoms with van der Waals surface area (Å²) in [5.41, 5.74) is 3.04. The number of para-hydroxylation sites is 2. The molecule has 7 nitrogen and oxygen atoms in total. The van der Waals surface area contributed by atoms with Crippen molar-refractivity contribution < 1.29 is 9.59 Å². The van der Waals surface area contributed by atoms with Crippen molar-refractivity contribution in [3.8, 4) is 5.69 Å². The molecule has 4 rings (SSSR count). The molecule has 30 heavy (non-hydrogen) atoms. The molecule has 1 atom stereocenters. The van der Waals surface area contributed by atoms with E-state index in [0.29, 0.717) is 29.1 Å². The van der Waals surface area contributed by atoms with Crippen molar-refractivity contribution in [3.05, 3.63) is 63.9 Å².